The first-order valence-electron chi connectivity index (χ1n) is 8.90. The van der Waals surface area contributed by atoms with Crippen LogP contribution in [0.3, 0.4) is 0 Å². The zero-order valence-electron chi connectivity index (χ0n) is 14.7. The molecule has 1 aliphatic carbocycles. The van der Waals surface area contributed by atoms with Gasteiger partial charge in [-0.15, -0.1) is 0 Å². The largest absolute Gasteiger partial charge is 0.496 e. The number of carbonyl (C=O) groups excluding carboxylic acids is 2. The van der Waals surface area contributed by atoms with Crippen LogP contribution >= 0.6 is 0 Å². The normalized spacial score (nSPS) is 21.0. The van der Waals surface area contributed by atoms with Gasteiger partial charge in [0, 0.05) is 17.5 Å². The number of rotatable bonds is 5. The molecule has 1 aliphatic heterocycles. The molecule has 1 saturated heterocycles. The second-order valence-corrected chi connectivity index (χ2v) is 6.72. The van der Waals surface area contributed by atoms with E-state index in [-0.39, 0.29) is 17.7 Å². The summed E-state index contributed by atoms with van der Waals surface area (Å²) < 4.78 is 11.5. The molecule has 2 aliphatic rings. The molecule has 26 heavy (non-hydrogen) atoms. The smallest absolute Gasteiger partial charge is 0.235 e. The van der Waals surface area contributed by atoms with Crippen LogP contribution in [-0.2, 0) is 22.4 Å². The Labute approximate surface area is 152 Å². The number of hydrogen-bond acceptors (Lipinski definition) is 4. The first kappa shape index (κ1) is 16.6. The molecule has 0 spiro atoms. The highest BCUT2D eigenvalue weighted by Crippen LogP contribution is 2.47. The van der Waals surface area contributed by atoms with Crippen molar-refractivity contribution in [1.82, 2.24) is 5.32 Å². The van der Waals surface area contributed by atoms with E-state index in [4.69, 9.17) is 9.47 Å². The highest BCUT2D eigenvalue weighted by molar-refractivity contribution is 6.08. The summed E-state index contributed by atoms with van der Waals surface area (Å²) >= 11 is 0. The summed E-state index contributed by atoms with van der Waals surface area (Å²) in [6.07, 6.45) is 2.14. The van der Waals surface area contributed by atoms with Crippen LogP contribution in [0.15, 0.2) is 42.5 Å². The van der Waals surface area contributed by atoms with E-state index in [9.17, 15) is 9.59 Å². The maximum Gasteiger partial charge on any atom is 0.235 e. The van der Waals surface area contributed by atoms with E-state index in [0.29, 0.717) is 25.2 Å². The number of amides is 2. The van der Waals surface area contributed by atoms with Gasteiger partial charge in [0.15, 0.2) is 0 Å². The minimum Gasteiger partial charge on any atom is -0.496 e. The van der Waals surface area contributed by atoms with Crippen LogP contribution in [0, 0.1) is 5.92 Å². The van der Waals surface area contributed by atoms with E-state index in [2.05, 4.69) is 17.4 Å². The molecule has 2 aromatic rings. The Kier molecular flexibility index (Phi) is 4.37. The molecule has 0 aromatic heterocycles. The topological polar surface area (TPSA) is 64.6 Å². The lowest BCUT2D eigenvalue weighted by atomic mass is 9.75. The zero-order valence-corrected chi connectivity index (χ0v) is 14.7. The molecule has 2 unspecified atom stereocenters. The van der Waals surface area contributed by atoms with Crippen molar-refractivity contribution in [2.75, 3.05) is 13.7 Å². The molecule has 1 N–H and O–H groups in total. The van der Waals surface area contributed by atoms with Crippen molar-refractivity contribution in [3.63, 3.8) is 0 Å². The zero-order chi connectivity index (χ0) is 18.1. The van der Waals surface area contributed by atoms with Crippen molar-refractivity contribution in [3.8, 4) is 11.5 Å². The first-order chi connectivity index (χ1) is 12.7. The van der Waals surface area contributed by atoms with Gasteiger partial charge < -0.3 is 9.47 Å². The van der Waals surface area contributed by atoms with Gasteiger partial charge in [-0.1, -0.05) is 30.3 Å². The van der Waals surface area contributed by atoms with Crippen molar-refractivity contribution >= 4 is 11.8 Å². The van der Waals surface area contributed by atoms with Gasteiger partial charge in [0.2, 0.25) is 11.8 Å². The molecule has 2 atom stereocenters. The standard InChI is InChI=1S/C21H21NO4/c1-25-16-9-10-17(26-12-11-13-5-3-2-4-6-13)18-14(16)7-8-15-19(18)21(24)22-20(15)23/h2-6,9-10,15,19H,7-8,11-12H2,1H3,(H,22,23,24). The van der Waals surface area contributed by atoms with Gasteiger partial charge in [0.1, 0.15) is 11.5 Å². The Morgan fingerprint density at radius 1 is 1.04 bits per heavy atom. The van der Waals surface area contributed by atoms with Crippen molar-refractivity contribution in [3.05, 3.63) is 59.2 Å². The fraction of sp³-hybridized carbons (Fsp3) is 0.333. The van der Waals surface area contributed by atoms with Crippen molar-refractivity contribution in [1.29, 1.82) is 0 Å². The Morgan fingerprint density at radius 2 is 1.81 bits per heavy atom. The average Bonchev–Trinajstić information content (AvgIpc) is 2.96. The average molecular weight is 351 g/mol. The lowest BCUT2D eigenvalue weighted by molar-refractivity contribution is -0.125. The molecular weight excluding hydrogens is 330 g/mol. The number of fused-ring (bicyclic) bond motifs is 3. The summed E-state index contributed by atoms with van der Waals surface area (Å²) in [4.78, 5) is 24.5. The van der Waals surface area contributed by atoms with Crippen molar-refractivity contribution in [2.45, 2.75) is 25.2 Å². The lowest BCUT2D eigenvalue weighted by Crippen LogP contribution is -2.24. The second kappa shape index (κ2) is 6.83. The van der Waals surface area contributed by atoms with Crippen LogP contribution in [-0.4, -0.2) is 25.5 Å². The van der Waals surface area contributed by atoms with Gasteiger partial charge in [0.25, 0.3) is 0 Å². The Hall–Kier alpha value is -2.82. The Balaban J connectivity index is 1.63. The quantitative estimate of drug-likeness (QED) is 0.841. The molecule has 1 fully saturated rings. The van der Waals surface area contributed by atoms with E-state index in [1.807, 2.05) is 30.3 Å². The number of ether oxygens (including phenoxy) is 2. The number of carbonyl (C=O) groups is 2. The van der Waals surface area contributed by atoms with Gasteiger partial charge in [-0.25, -0.2) is 0 Å². The molecule has 0 saturated carbocycles. The highest BCUT2D eigenvalue weighted by Gasteiger charge is 2.47. The lowest BCUT2D eigenvalue weighted by Gasteiger charge is -2.28. The van der Waals surface area contributed by atoms with Gasteiger partial charge in [-0.3, -0.25) is 14.9 Å². The fourth-order valence-corrected chi connectivity index (χ4v) is 4.02. The number of nitrogens with one attached hydrogen (secondary N) is 1. The molecule has 134 valence electrons. The SMILES string of the molecule is COc1ccc(OCCc2ccccc2)c2c1CCC1C(=O)NC(=O)C21. The van der Waals surface area contributed by atoms with Gasteiger partial charge >= 0.3 is 0 Å². The molecule has 4 rings (SSSR count). The van der Waals surface area contributed by atoms with Crippen LogP contribution in [0.1, 0.15) is 29.0 Å². The molecular formula is C21H21NO4. The molecule has 5 nitrogen and oxygen atoms in total. The molecule has 2 aromatic carbocycles. The minimum absolute atomic E-state index is 0.177. The van der Waals surface area contributed by atoms with Gasteiger partial charge in [-0.2, -0.15) is 0 Å². The van der Waals surface area contributed by atoms with E-state index in [1.54, 1.807) is 7.11 Å². The number of methoxy groups -OCH3 is 1. The first-order valence-corrected chi connectivity index (χ1v) is 8.90. The number of hydrogen-bond donors (Lipinski definition) is 1. The maximum atomic E-state index is 12.4. The summed E-state index contributed by atoms with van der Waals surface area (Å²) in [5.41, 5.74) is 2.99. The summed E-state index contributed by atoms with van der Waals surface area (Å²) in [7, 11) is 1.62. The summed E-state index contributed by atoms with van der Waals surface area (Å²) in [5.74, 6) is 0.231. The van der Waals surface area contributed by atoms with Crippen LogP contribution in [0.5, 0.6) is 11.5 Å². The maximum absolute atomic E-state index is 12.4. The number of imide groups is 1. The minimum atomic E-state index is -0.479. The van der Waals surface area contributed by atoms with E-state index >= 15 is 0 Å². The third-order valence-corrected chi connectivity index (χ3v) is 5.27. The van der Waals surface area contributed by atoms with E-state index < -0.39 is 5.92 Å². The number of benzene rings is 2. The highest BCUT2D eigenvalue weighted by atomic mass is 16.5. The predicted octanol–water partition coefficient (Wildman–Crippen LogP) is 2.62. The van der Waals surface area contributed by atoms with Crippen LogP contribution < -0.4 is 14.8 Å². The van der Waals surface area contributed by atoms with Crippen LogP contribution in [0.2, 0.25) is 0 Å². The summed E-state index contributed by atoms with van der Waals surface area (Å²) in [6.45, 7) is 0.510. The van der Waals surface area contributed by atoms with E-state index in [0.717, 1.165) is 23.3 Å². The van der Waals surface area contributed by atoms with Gasteiger partial charge in [-0.05, 0) is 30.5 Å². The summed E-state index contributed by atoms with van der Waals surface area (Å²) in [5, 5.41) is 2.47. The molecule has 1 heterocycles. The molecule has 0 radical (unpaired) electrons. The monoisotopic (exact) mass is 351 g/mol. The third-order valence-electron chi connectivity index (χ3n) is 5.27. The van der Waals surface area contributed by atoms with Crippen LogP contribution in [0.25, 0.3) is 0 Å². The van der Waals surface area contributed by atoms with Crippen molar-refractivity contribution < 1.29 is 19.1 Å². The Bertz CT molecular complexity index is 847. The van der Waals surface area contributed by atoms with Gasteiger partial charge in [0.05, 0.1) is 25.6 Å². The third kappa shape index (κ3) is 2.83. The predicted molar refractivity (Wildman–Crippen MR) is 96.3 cm³/mol. The molecule has 5 heteroatoms. The fourth-order valence-electron chi connectivity index (χ4n) is 4.02. The summed E-state index contributed by atoms with van der Waals surface area (Å²) in [6, 6.07) is 13.8. The van der Waals surface area contributed by atoms with Crippen LogP contribution in [0.4, 0.5) is 0 Å². The van der Waals surface area contributed by atoms with Crippen molar-refractivity contribution in [2.24, 2.45) is 5.92 Å². The Morgan fingerprint density at radius 3 is 2.58 bits per heavy atom. The molecule has 2 amide bonds. The molecule has 0 bridgehead atoms. The van der Waals surface area contributed by atoms with E-state index in [1.165, 1.54) is 5.56 Å². The second-order valence-electron chi connectivity index (χ2n) is 6.72.